The van der Waals surface area contributed by atoms with E-state index in [2.05, 4.69) is 0 Å². The fourth-order valence-corrected chi connectivity index (χ4v) is 1.82. The van der Waals surface area contributed by atoms with Crippen LogP contribution in [0.25, 0.3) is 6.08 Å². The molecule has 0 aliphatic heterocycles. The zero-order valence-electron chi connectivity index (χ0n) is 11.7. The minimum Gasteiger partial charge on any atom is -0.461 e. The van der Waals surface area contributed by atoms with E-state index in [0.29, 0.717) is 0 Å². The molecule has 0 heterocycles. The first kappa shape index (κ1) is 15.0. The number of rotatable bonds is 6. The van der Waals surface area contributed by atoms with E-state index in [0.717, 1.165) is 11.1 Å². The van der Waals surface area contributed by atoms with Crippen LogP contribution in [0.5, 0.6) is 0 Å². The van der Waals surface area contributed by atoms with Gasteiger partial charge in [-0.05, 0) is 11.1 Å². The minimum absolute atomic E-state index is 0.0455. The first-order valence-electron chi connectivity index (χ1n) is 6.85. The van der Waals surface area contributed by atoms with Crippen molar-refractivity contribution in [1.29, 1.82) is 0 Å². The Morgan fingerprint density at radius 1 is 1.05 bits per heavy atom. The molecule has 0 aliphatic rings. The second kappa shape index (κ2) is 8.02. The van der Waals surface area contributed by atoms with Crippen LogP contribution in [0, 0.1) is 0 Å². The summed E-state index contributed by atoms with van der Waals surface area (Å²) in [7, 11) is 0. The zero-order chi connectivity index (χ0) is 14.9. The van der Waals surface area contributed by atoms with Crippen molar-refractivity contribution in [3.8, 4) is 0 Å². The van der Waals surface area contributed by atoms with Crippen molar-refractivity contribution >= 4 is 12.0 Å². The van der Waals surface area contributed by atoms with E-state index in [9.17, 15) is 9.90 Å². The molecule has 0 aromatic heterocycles. The Kier molecular flexibility index (Phi) is 5.73. The summed E-state index contributed by atoms with van der Waals surface area (Å²) in [6.45, 7) is 0.231. The predicted molar refractivity (Wildman–Crippen MR) is 82.3 cm³/mol. The third kappa shape index (κ3) is 5.63. The number of hydrogen-bond acceptors (Lipinski definition) is 3. The van der Waals surface area contributed by atoms with Crippen molar-refractivity contribution < 1.29 is 14.6 Å². The molecule has 2 rings (SSSR count). The Bertz CT molecular complexity index is 576. The molecular weight excluding hydrogens is 264 g/mol. The lowest BCUT2D eigenvalue weighted by Gasteiger charge is -2.07. The number of carbonyl (C=O) groups is 1. The molecule has 0 unspecified atom stereocenters. The van der Waals surface area contributed by atoms with Crippen molar-refractivity contribution in [3.63, 3.8) is 0 Å². The zero-order valence-corrected chi connectivity index (χ0v) is 11.7. The van der Waals surface area contributed by atoms with E-state index in [-0.39, 0.29) is 13.0 Å². The average molecular weight is 282 g/mol. The number of esters is 1. The first-order valence-corrected chi connectivity index (χ1v) is 6.85. The lowest BCUT2D eigenvalue weighted by molar-refractivity contribution is -0.146. The minimum atomic E-state index is -0.839. The summed E-state index contributed by atoms with van der Waals surface area (Å²) in [4.78, 5) is 11.6. The summed E-state index contributed by atoms with van der Waals surface area (Å²) in [6.07, 6.45) is 2.50. The van der Waals surface area contributed by atoms with Crippen LogP contribution in [0.4, 0.5) is 0 Å². The molecule has 2 aromatic rings. The molecule has 0 radical (unpaired) electrons. The smallest absolute Gasteiger partial charge is 0.309 e. The fraction of sp³-hybridized carbons (Fsp3) is 0.167. The topological polar surface area (TPSA) is 46.5 Å². The summed E-state index contributed by atoms with van der Waals surface area (Å²) in [5.41, 5.74) is 1.91. The van der Waals surface area contributed by atoms with Crippen molar-refractivity contribution in [2.24, 2.45) is 0 Å². The van der Waals surface area contributed by atoms with Crippen molar-refractivity contribution in [2.75, 3.05) is 0 Å². The standard InChI is InChI=1S/C18H18O3/c19-17(12-11-15-7-3-1-4-8-15)13-18(20)21-14-16-9-5-2-6-10-16/h1-12,17,19H,13-14H2/t17-/m1/s1. The molecule has 0 saturated heterocycles. The van der Waals surface area contributed by atoms with Crippen LogP contribution in [0.1, 0.15) is 17.5 Å². The number of ether oxygens (including phenoxy) is 1. The van der Waals surface area contributed by atoms with E-state index in [1.807, 2.05) is 60.7 Å². The van der Waals surface area contributed by atoms with Crippen LogP contribution < -0.4 is 0 Å². The van der Waals surface area contributed by atoms with Gasteiger partial charge in [0.15, 0.2) is 0 Å². The van der Waals surface area contributed by atoms with Gasteiger partial charge in [0.1, 0.15) is 6.61 Å². The molecular formula is C18H18O3. The molecule has 0 bridgehead atoms. The van der Waals surface area contributed by atoms with E-state index < -0.39 is 12.1 Å². The average Bonchev–Trinajstić information content (AvgIpc) is 2.53. The Hall–Kier alpha value is -2.39. The summed E-state index contributed by atoms with van der Waals surface area (Å²) >= 11 is 0. The molecule has 0 spiro atoms. The number of hydrogen-bond donors (Lipinski definition) is 1. The van der Waals surface area contributed by atoms with Gasteiger partial charge in [0, 0.05) is 0 Å². The molecule has 0 aliphatic carbocycles. The maximum Gasteiger partial charge on any atom is 0.309 e. The van der Waals surface area contributed by atoms with Crippen molar-refractivity contribution in [1.82, 2.24) is 0 Å². The van der Waals surface area contributed by atoms with Gasteiger partial charge < -0.3 is 9.84 Å². The Morgan fingerprint density at radius 2 is 1.67 bits per heavy atom. The monoisotopic (exact) mass is 282 g/mol. The van der Waals surface area contributed by atoms with Gasteiger partial charge in [0.05, 0.1) is 12.5 Å². The Morgan fingerprint density at radius 3 is 2.33 bits per heavy atom. The molecule has 3 heteroatoms. The first-order chi connectivity index (χ1) is 10.2. The summed E-state index contributed by atoms with van der Waals surface area (Å²) in [5.74, 6) is -0.413. The highest BCUT2D eigenvalue weighted by atomic mass is 16.5. The van der Waals surface area contributed by atoms with E-state index >= 15 is 0 Å². The van der Waals surface area contributed by atoms with E-state index in [4.69, 9.17) is 4.74 Å². The van der Waals surface area contributed by atoms with Crippen LogP contribution >= 0.6 is 0 Å². The predicted octanol–water partition coefficient (Wildman–Crippen LogP) is 3.19. The summed E-state index contributed by atoms with van der Waals surface area (Å²) in [6, 6.07) is 19.1. The highest BCUT2D eigenvalue weighted by Gasteiger charge is 2.09. The number of carbonyl (C=O) groups excluding carboxylic acids is 1. The van der Waals surface area contributed by atoms with Crippen LogP contribution in [0.3, 0.4) is 0 Å². The second-order valence-electron chi connectivity index (χ2n) is 4.69. The van der Waals surface area contributed by atoms with Gasteiger partial charge in [-0.2, -0.15) is 0 Å². The molecule has 21 heavy (non-hydrogen) atoms. The maximum atomic E-state index is 11.6. The molecule has 1 atom stereocenters. The number of benzene rings is 2. The number of aliphatic hydroxyl groups is 1. The Balaban J connectivity index is 1.76. The van der Waals surface area contributed by atoms with Crippen molar-refractivity contribution in [2.45, 2.75) is 19.1 Å². The quantitative estimate of drug-likeness (QED) is 0.828. The van der Waals surface area contributed by atoms with Gasteiger partial charge in [-0.1, -0.05) is 72.8 Å². The largest absolute Gasteiger partial charge is 0.461 e. The van der Waals surface area contributed by atoms with Gasteiger partial charge >= 0.3 is 5.97 Å². The molecule has 2 aromatic carbocycles. The Labute approximate surface area is 124 Å². The molecule has 108 valence electrons. The van der Waals surface area contributed by atoms with E-state index in [1.54, 1.807) is 12.2 Å². The lowest BCUT2D eigenvalue weighted by atomic mass is 10.1. The van der Waals surface area contributed by atoms with Gasteiger partial charge in [-0.15, -0.1) is 0 Å². The maximum absolute atomic E-state index is 11.6. The lowest BCUT2D eigenvalue weighted by Crippen LogP contribution is -2.13. The van der Waals surface area contributed by atoms with Crippen LogP contribution in [0.15, 0.2) is 66.7 Å². The van der Waals surface area contributed by atoms with Crippen LogP contribution in [-0.4, -0.2) is 17.2 Å². The van der Waals surface area contributed by atoms with Gasteiger partial charge in [0.25, 0.3) is 0 Å². The normalized spacial score (nSPS) is 12.2. The summed E-state index contributed by atoms with van der Waals surface area (Å²) < 4.78 is 5.12. The molecule has 0 fully saturated rings. The van der Waals surface area contributed by atoms with Gasteiger partial charge in [0.2, 0.25) is 0 Å². The van der Waals surface area contributed by atoms with Crippen LogP contribution in [0.2, 0.25) is 0 Å². The SMILES string of the molecule is O=C(C[C@H](O)C=Cc1ccccc1)OCc1ccccc1. The number of aliphatic hydroxyl groups excluding tert-OH is 1. The fourth-order valence-electron chi connectivity index (χ4n) is 1.82. The van der Waals surface area contributed by atoms with Gasteiger partial charge in [-0.25, -0.2) is 0 Å². The molecule has 0 amide bonds. The molecule has 0 saturated carbocycles. The molecule has 3 nitrogen and oxygen atoms in total. The highest BCUT2D eigenvalue weighted by Crippen LogP contribution is 2.06. The third-order valence-corrected chi connectivity index (χ3v) is 2.93. The molecule has 1 N–H and O–H groups in total. The second-order valence-corrected chi connectivity index (χ2v) is 4.69. The summed E-state index contributed by atoms with van der Waals surface area (Å²) in [5, 5.41) is 9.79. The highest BCUT2D eigenvalue weighted by molar-refractivity contribution is 5.70. The van der Waals surface area contributed by atoms with Crippen molar-refractivity contribution in [3.05, 3.63) is 77.9 Å². The van der Waals surface area contributed by atoms with E-state index in [1.165, 1.54) is 0 Å². The van der Waals surface area contributed by atoms with Crippen LogP contribution in [-0.2, 0) is 16.1 Å². The third-order valence-electron chi connectivity index (χ3n) is 2.93. The van der Waals surface area contributed by atoms with Gasteiger partial charge in [-0.3, -0.25) is 4.79 Å².